The number of rotatable bonds is 2. The van der Waals surface area contributed by atoms with E-state index in [0.29, 0.717) is 10.8 Å². The van der Waals surface area contributed by atoms with Gasteiger partial charge in [0.2, 0.25) is 0 Å². The van der Waals surface area contributed by atoms with Crippen LogP contribution in [-0.2, 0) is 4.79 Å². The van der Waals surface area contributed by atoms with E-state index in [9.17, 15) is 9.59 Å². The molecular formula is C18H22N2O2S. The number of hydrogen-bond donors (Lipinski definition) is 1. The molecule has 4 nitrogen and oxygen atoms in total. The highest BCUT2D eigenvalue weighted by Crippen LogP contribution is 2.43. The van der Waals surface area contributed by atoms with Crippen molar-refractivity contribution in [3.63, 3.8) is 0 Å². The Morgan fingerprint density at radius 3 is 2.74 bits per heavy atom. The minimum Gasteiger partial charge on any atom is -0.366 e. The number of benzene rings is 1. The topological polar surface area (TPSA) is 49.4 Å². The molecule has 1 fully saturated rings. The van der Waals surface area contributed by atoms with Crippen LogP contribution in [0.1, 0.15) is 51.2 Å². The van der Waals surface area contributed by atoms with E-state index >= 15 is 0 Å². The van der Waals surface area contributed by atoms with Gasteiger partial charge in [0.15, 0.2) is 0 Å². The van der Waals surface area contributed by atoms with Crippen molar-refractivity contribution in [1.29, 1.82) is 0 Å². The van der Waals surface area contributed by atoms with Crippen LogP contribution in [0, 0.1) is 0 Å². The molecule has 0 saturated carbocycles. The van der Waals surface area contributed by atoms with E-state index in [2.05, 4.69) is 50.0 Å². The van der Waals surface area contributed by atoms with Crippen molar-refractivity contribution in [1.82, 2.24) is 5.32 Å². The highest BCUT2D eigenvalue weighted by Gasteiger charge is 2.35. The summed E-state index contributed by atoms with van der Waals surface area (Å²) >= 11 is 0.963. The van der Waals surface area contributed by atoms with Gasteiger partial charge < -0.3 is 4.90 Å². The van der Waals surface area contributed by atoms with Gasteiger partial charge >= 0.3 is 0 Å². The molecule has 2 aliphatic rings. The summed E-state index contributed by atoms with van der Waals surface area (Å²) in [5.41, 5.74) is 3.71. The van der Waals surface area contributed by atoms with Gasteiger partial charge in [0.05, 0.1) is 4.91 Å². The van der Waals surface area contributed by atoms with E-state index in [1.54, 1.807) is 6.08 Å². The lowest BCUT2D eigenvalue weighted by molar-refractivity contribution is -0.115. The fourth-order valence-electron chi connectivity index (χ4n) is 3.77. The number of fused-ring (bicyclic) bond motifs is 1. The maximum atomic E-state index is 11.7. The molecule has 1 saturated heterocycles. The van der Waals surface area contributed by atoms with Gasteiger partial charge in [-0.2, -0.15) is 0 Å². The predicted molar refractivity (Wildman–Crippen MR) is 95.7 cm³/mol. The SMILES string of the molecule is CCN1c2ccc(/C=C3/SC(=O)NC3=O)cc2[C@@H](C)CC1(C)C. The van der Waals surface area contributed by atoms with Crippen molar-refractivity contribution in [2.24, 2.45) is 0 Å². The molecule has 2 aliphatic heterocycles. The quantitative estimate of drug-likeness (QED) is 0.829. The summed E-state index contributed by atoms with van der Waals surface area (Å²) in [6.07, 6.45) is 2.90. The maximum absolute atomic E-state index is 11.7. The Morgan fingerprint density at radius 1 is 1.39 bits per heavy atom. The van der Waals surface area contributed by atoms with E-state index in [-0.39, 0.29) is 16.7 Å². The average Bonchev–Trinajstić information content (AvgIpc) is 2.77. The van der Waals surface area contributed by atoms with E-state index in [1.807, 2.05) is 6.07 Å². The van der Waals surface area contributed by atoms with E-state index in [4.69, 9.17) is 0 Å². The van der Waals surface area contributed by atoms with E-state index in [0.717, 1.165) is 30.3 Å². The van der Waals surface area contributed by atoms with Crippen LogP contribution < -0.4 is 10.2 Å². The molecule has 2 amide bonds. The molecule has 1 atom stereocenters. The Bertz CT molecular complexity index is 709. The van der Waals surface area contributed by atoms with Crippen LogP contribution in [0.2, 0.25) is 0 Å². The molecule has 0 bridgehead atoms. The first-order valence-corrected chi connectivity index (χ1v) is 8.80. The summed E-state index contributed by atoms with van der Waals surface area (Å²) < 4.78 is 0. The summed E-state index contributed by atoms with van der Waals surface area (Å²) in [5.74, 6) is 0.162. The number of nitrogens with one attached hydrogen (secondary N) is 1. The summed E-state index contributed by atoms with van der Waals surface area (Å²) in [6.45, 7) is 9.99. The molecule has 0 radical (unpaired) electrons. The second kappa shape index (κ2) is 5.71. The third-order valence-electron chi connectivity index (χ3n) is 4.67. The van der Waals surface area contributed by atoms with Crippen molar-refractivity contribution >= 4 is 34.7 Å². The number of imide groups is 1. The number of thioether (sulfide) groups is 1. The fourth-order valence-corrected chi connectivity index (χ4v) is 4.45. The monoisotopic (exact) mass is 330 g/mol. The second-order valence-electron chi connectivity index (χ2n) is 6.83. The molecule has 2 heterocycles. The largest absolute Gasteiger partial charge is 0.366 e. The summed E-state index contributed by atoms with van der Waals surface area (Å²) in [4.78, 5) is 25.9. The van der Waals surface area contributed by atoms with Gasteiger partial charge in [-0.3, -0.25) is 14.9 Å². The predicted octanol–water partition coefficient (Wildman–Crippen LogP) is 4.12. The van der Waals surface area contributed by atoms with Crippen molar-refractivity contribution < 1.29 is 9.59 Å². The minimum absolute atomic E-state index is 0.148. The number of amides is 2. The zero-order chi connectivity index (χ0) is 16.8. The van der Waals surface area contributed by atoms with Gasteiger partial charge in [0.25, 0.3) is 11.1 Å². The number of carbonyl (C=O) groups excluding carboxylic acids is 2. The molecule has 0 aliphatic carbocycles. The highest BCUT2D eigenvalue weighted by atomic mass is 32.2. The first-order valence-electron chi connectivity index (χ1n) is 7.98. The Morgan fingerprint density at radius 2 is 2.13 bits per heavy atom. The first-order chi connectivity index (χ1) is 10.8. The molecule has 5 heteroatoms. The zero-order valence-electron chi connectivity index (χ0n) is 14.0. The number of nitrogens with zero attached hydrogens (tertiary/aromatic N) is 1. The first kappa shape index (κ1) is 16.1. The van der Waals surface area contributed by atoms with Crippen LogP contribution in [0.25, 0.3) is 6.08 Å². The molecular weight excluding hydrogens is 308 g/mol. The van der Waals surface area contributed by atoms with Crippen LogP contribution >= 0.6 is 11.8 Å². The van der Waals surface area contributed by atoms with Gasteiger partial charge in [0, 0.05) is 17.8 Å². The van der Waals surface area contributed by atoms with Crippen LogP contribution in [0.15, 0.2) is 23.1 Å². The zero-order valence-corrected chi connectivity index (χ0v) is 14.8. The minimum atomic E-state index is -0.304. The van der Waals surface area contributed by atoms with Gasteiger partial charge in [-0.05, 0) is 74.2 Å². The average molecular weight is 330 g/mol. The van der Waals surface area contributed by atoms with Crippen molar-refractivity contribution in [2.45, 2.75) is 45.6 Å². The molecule has 1 aromatic rings. The van der Waals surface area contributed by atoms with Gasteiger partial charge in [0.1, 0.15) is 0 Å². The van der Waals surface area contributed by atoms with Crippen LogP contribution in [0.5, 0.6) is 0 Å². The Balaban J connectivity index is 2.00. The standard InChI is InChI=1S/C18H22N2O2S/c1-5-20-14-7-6-12(9-15-16(21)19-17(22)23-15)8-13(14)11(2)10-18(20,3)4/h6-9,11H,5,10H2,1-4H3,(H,19,21,22)/b15-9+/t11-/m0/s1. The van der Waals surface area contributed by atoms with Gasteiger partial charge in [-0.1, -0.05) is 13.0 Å². The third kappa shape index (κ3) is 2.90. The number of hydrogen-bond acceptors (Lipinski definition) is 4. The third-order valence-corrected chi connectivity index (χ3v) is 5.48. The molecule has 1 N–H and O–H groups in total. The van der Waals surface area contributed by atoms with Crippen molar-refractivity contribution in [3.8, 4) is 0 Å². The van der Waals surface area contributed by atoms with Gasteiger partial charge in [-0.25, -0.2) is 0 Å². The second-order valence-corrected chi connectivity index (χ2v) is 7.85. The van der Waals surface area contributed by atoms with E-state index < -0.39 is 0 Å². The summed E-state index contributed by atoms with van der Waals surface area (Å²) in [6, 6.07) is 6.32. The molecule has 23 heavy (non-hydrogen) atoms. The number of carbonyl (C=O) groups is 2. The molecule has 1 aromatic carbocycles. The molecule has 3 rings (SSSR count). The molecule has 0 unspecified atom stereocenters. The van der Waals surface area contributed by atoms with Gasteiger partial charge in [-0.15, -0.1) is 0 Å². The summed E-state index contributed by atoms with van der Waals surface area (Å²) in [5, 5.41) is 1.99. The van der Waals surface area contributed by atoms with Crippen molar-refractivity contribution in [3.05, 3.63) is 34.2 Å². The smallest absolute Gasteiger partial charge is 0.290 e. The van der Waals surface area contributed by atoms with E-state index in [1.165, 1.54) is 11.3 Å². The fraction of sp³-hybridized carbons (Fsp3) is 0.444. The molecule has 0 spiro atoms. The van der Waals surface area contributed by atoms with Crippen LogP contribution in [-0.4, -0.2) is 23.2 Å². The maximum Gasteiger partial charge on any atom is 0.290 e. The lowest BCUT2D eigenvalue weighted by atomic mass is 9.79. The molecule has 0 aromatic heterocycles. The lowest BCUT2D eigenvalue weighted by Gasteiger charge is -2.47. The Kier molecular flexibility index (Phi) is 4.00. The number of anilines is 1. The lowest BCUT2D eigenvalue weighted by Crippen LogP contribution is -2.48. The van der Waals surface area contributed by atoms with Crippen LogP contribution in [0.3, 0.4) is 0 Å². The Labute approximate surface area is 141 Å². The summed E-state index contributed by atoms with van der Waals surface area (Å²) in [7, 11) is 0. The highest BCUT2D eigenvalue weighted by molar-refractivity contribution is 8.18. The van der Waals surface area contributed by atoms with Crippen LogP contribution in [0.4, 0.5) is 10.5 Å². The molecule has 122 valence electrons. The van der Waals surface area contributed by atoms with Crippen molar-refractivity contribution in [2.75, 3.05) is 11.4 Å². The Hall–Kier alpha value is -1.75. The normalized spacial score (nSPS) is 24.8.